The molecule has 18 heavy (non-hydrogen) atoms. The van der Waals surface area contributed by atoms with Crippen molar-refractivity contribution < 1.29 is 9.90 Å². The van der Waals surface area contributed by atoms with E-state index in [9.17, 15) is 4.79 Å². The number of aryl methyl sites for hydroxylation is 3. The van der Waals surface area contributed by atoms with Gasteiger partial charge in [0.15, 0.2) is 0 Å². The summed E-state index contributed by atoms with van der Waals surface area (Å²) in [5.74, 6) is -0.718. The normalized spacial score (nSPS) is 11.1. The van der Waals surface area contributed by atoms with E-state index in [2.05, 4.69) is 43.7 Å². The molecule has 1 aromatic carbocycles. The maximum atomic E-state index is 10.6. The van der Waals surface area contributed by atoms with Gasteiger partial charge in [-0.3, -0.25) is 4.79 Å². The Hall–Kier alpha value is -1.77. The summed E-state index contributed by atoms with van der Waals surface area (Å²) in [7, 11) is 2.06. The first-order chi connectivity index (χ1) is 8.50. The van der Waals surface area contributed by atoms with Crippen LogP contribution in [0.2, 0.25) is 0 Å². The Bertz CT molecular complexity index is 596. The Kier molecular flexibility index (Phi) is 3.41. The first kappa shape index (κ1) is 12.7. The van der Waals surface area contributed by atoms with Crippen LogP contribution < -0.4 is 0 Å². The standard InChI is InChI=1S/C15H19NO2/c1-10-7-8-14-13(9-10)12(11(2)16(14)3)5-4-6-15(17)18/h7-9H,4-6H2,1-3H3,(H,17,18). The summed E-state index contributed by atoms with van der Waals surface area (Å²) in [6.45, 7) is 4.19. The van der Waals surface area contributed by atoms with E-state index in [4.69, 9.17) is 5.11 Å². The molecule has 96 valence electrons. The third-order valence-corrected chi connectivity index (χ3v) is 3.60. The zero-order valence-corrected chi connectivity index (χ0v) is 11.2. The van der Waals surface area contributed by atoms with Crippen LogP contribution in [0.25, 0.3) is 10.9 Å². The molecule has 0 spiro atoms. The summed E-state index contributed by atoms with van der Waals surface area (Å²) in [6, 6.07) is 6.44. The van der Waals surface area contributed by atoms with Gasteiger partial charge in [-0.1, -0.05) is 11.6 Å². The SMILES string of the molecule is Cc1ccc2c(c1)c(CCCC(=O)O)c(C)n2C. The molecule has 0 fully saturated rings. The second kappa shape index (κ2) is 4.84. The van der Waals surface area contributed by atoms with Gasteiger partial charge in [0.2, 0.25) is 0 Å². The molecule has 2 rings (SSSR count). The fourth-order valence-electron chi connectivity index (χ4n) is 2.49. The van der Waals surface area contributed by atoms with Crippen LogP contribution in [0.5, 0.6) is 0 Å². The van der Waals surface area contributed by atoms with Crippen molar-refractivity contribution in [3.63, 3.8) is 0 Å². The highest BCUT2D eigenvalue weighted by molar-refractivity contribution is 5.86. The predicted octanol–water partition coefficient (Wildman–Crippen LogP) is 3.20. The number of fused-ring (bicyclic) bond motifs is 1. The zero-order chi connectivity index (χ0) is 13.3. The van der Waals surface area contributed by atoms with E-state index in [1.165, 1.54) is 27.7 Å². The van der Waals surface area contributed by atoms with Gasteiger partial charge in [0, 0.05) is 30.1 Å². The third kappa shape index (κ3) is 2.26. The molecule has 0 aliphatic carbocycles. The third-order valence-electron chi connectivity index (χ3n) is 3.60. The number of carboxylic acids is 1. The average molecular weight is 245 g/mol. The summed E-state index contributed by atoms with van der Waals surface area (Å²) in [4.78, 5) is 10.6. The summed E-state index contributed by atoms with van der Waals surface area (Å²) >= 11 is 0. The lowest BCUT2D eigenvalue weighted by atomic mass is 10.0. The molecule has 1 heterocycles. The molecule has 0 radical (unpaired) electrons. The van der Waals surface area contributed by atoms with Gasteiger partial charge in [-0.25, -0.2) is 0 Å². The van der Waals surface area contributed by atoms with Gasteiger partial charge >= 0.3 is 5.97 Å². The highest BCUT2D eigenvalue weighted by Gasteiger charge is 2.12. The molecule has 0 unspecified atom stereocenters. The van der Waals surface area contributed by atoms with E-state index in [-0.39, 0.29) is 6.42 Å². The van der Waals surface area contributed by atoms with Crippen molar-refractivity contribution in [2.45, 2.75) is 33.1 Å². The van der Waals surface area contributed by atoms with Crippen LogP contribution in [0, 0.1) is 13.8 Å². The summed E-state index contributed by atoms with van der Waals surface area (Å²) in [6.07, 6.45) is 1.77. The smallest absolute Gasteiger partial charge is 0.303 e. The van der Waals surface area contributed by atoms with Gasteiger partial charge < -0.3 is 9.67 Å². The van der Waals surface area contributed by atoms with Crippen molar-refractivity contribution in [2.75, 3.05) is 0 Å². The Morgan fingerprint density at radius 1 is 1.33 bits per heavy atom. The number of hydrogen-bond acceptors (Lipinski definition) is 1. The van der Waals surface area contributed by atoms with E-state index in [1.54, 1.807) is 0 Å². The largest absolute Gasteiger partial charge is 0.481 e. The molecular formula is C15H19NO2. The van der Waals surface area contributed by atoms with Gasteiger partial charge in [-0.2, -0.15) is 0 Å². The highest BCUT2D eigenvalue weighted by atomic mass is 16.4. The molecule has 1 N–H and O–H groups in total. The van der Waals surface area contributed by atoms with E-state index in [1.807, 2.05) is 0 Å². The molecule has 0 saturated heterocycles. The van der Waals surface area contributed by atoms with Gasteiger partial charge in [0.25, 0.3) is 0 Å². The predicted molar refractivity (Wildman–Crippen MR) is 73.0 cm³/mol. The number of nitrogens with zero attached hydrogens (tertiary/aromatic N) is 1. The number of aromatic nitrogens is 1. The van der Waals surface area contributed by atoms with Crippen LogP contribution in [0.3, 0.4) is 0 Å². The molecule has 0 saturated carbocycles. The molecule has 0 atom stereocenters. The van der Waals surface area contributed by atoms with Crippen LogP contribution >= 0.6 is 0 Å². The van der Waals surface area contributed by atoms with Crippen LogP contribution in [0.1, 0.15) is 29.7 Å². The van der Waals surface area contributed by atoms with Crippen molar-refractivity contribution in [3.05, 3.63) is 35.0 Å². The summed E-state index contributed by atoms with van der Waals surface area (Å²) < 4.78 is 2.19. The lowest BCUT2D eigenvalue weighted by Gasteiger charge is -2.01. The highest BCUT2D eigenvalue weighted by Crippen LogP contribution is 2.27. The molecule has 0 aliphatic rings. The van der Waals surface area contributed by atoms with Crippen LogP contribution in [-0.4, -0.2) is 15.6 Å². The van der Waals surface area contributed by atoms with Crippen LogP contribution in [-0.2, 0) is 18.3 Å². The minimum Gasteiger partial charge on any atom is -0.481 e. The molecule has 3 heteroatoms. The number of hydrogen-bond donors (Lipinski definition) is 1. The van der Waals surface area contributed by atoms with E-state index in [0.717, 1.165) is 6.42 Å². The fourth-order valence-corrected chi connectivity index (χ4v) is 2.49. The van der Waals surface area contributed by atoms with Crippen molar-refractivity contribution in [2.24, 2.45) is 7.05 Å². The second-order valence-corrected chi connectivity index (χ2v) is 4.89. The number of rotatable bonds is 4. The molecule has 2 aromatic rings. The van der Waals surface area contributed by atoms with Crippen molar-refractivity contribution in [1.82, 2.24) is 4.57 Å². The van der Waals surface area contributed by atoms with E-state index < -0.39 is 5.97 Å². The van der Waals surface area contributed by atoms with Crippen LogP contribution in [0.4, 0.5) is 0 Å². The maximum Gasteiger partial charge on any atom is 0.303 e. The van der Waals surface area contributed by atoms with Gasteiger partial charge in [-0.05, 0) is 44.4 Å². The van der Waals surface area contributed by atoms with Crippen molar-refractivity contribution >= 4 is 16.9 Å². The summed E-state index contributed by atoms with van der Waals surface area (Å²) in [5, 5.41) is 9.98. The Balaban J connectivity index is 2.39. The topological polar surface area (TPSA) is 42.2 Å². The van der Waals surface area contributed by atoms with Gasteiger partial charge in [0.05, 0.1) is 0 Å². The average Bonchev–Trinajstić information content (AvgIpc) is 2.53. The molecule has 3 nitrogen and oxygen atoms in total. The maximum absolute atomic E-state index is 10.6. The first-order valence-electron chi connectivity index (χ1n) is 6.27. The van der Waals surface area contributed by atoms with Gasteiger partial charge in [0.1, 0.15) is 0 Å². The Labute approximate surface area is 107 Å². The number of benzene rings is 1. The quantitative estimate of drug-likeness (QED) is 0.898. The molecule has 0 amide bonds. The Morgan fingerprint density at radius 3 is 2.72 bits per heavy atom. The van der Waals surface area contributed by atoms with E-state index >= 15 is 0 Å². The number of carbonyl (C=O) groups is 1. The second-order valence-electron chi connectivity index (χ2n) is 4.89. The Morgan fingerprint density at radius 2 is 2.06 bits per heavy atom. The van der Waals surface area contributed by atoms with Crippen molar-refractivity contribution in [1.29, 1.82) is 0 Å². The first-order valence-corrected chi connectivity index (χ1v) is 6.27. The minimum absolute atomic E-state index is 0.238. The minimum atomic E-state index is -0.718. The number of carboxylic acid groups (broad SMARTS) is 1. The molecular weight excluding hydrogens is 226 g/mol. The monoisotopic (exact) mass is 245 g/mol. The van der Waals surface area contributed by atoms with E-state index in [0.29, 0.717) is 6.42 Å². The summed E-state index contributed by atoms with van der Waals surface area (Å²) in [5.41, 5.74) is 4.99. The van der Waals surface area contributed by atoms with Crippen molar-refractivity contribution in [3.8, 4) is 0 Å². The molecule has 0 aliphatic heterocycles. The molecule has 1 aromatic heterocycles. The lowest BCUT2D eigenvalue weighted by Crippen LogP contribution is -1.97. The fraction of sp³-hybridized carbons (Fsp3) is 0.400. The van der Waals surface area contributed by atoms with Crippen LogP contribution in [0.15, 0.2) is 18.2 Å². The lowest BCUT2D eigenvalue weighted by molar-refractivity contribution is -0.137. The number of aliphatic carboxylic acids is 1. The van der Waals surface area contributed by atoms with Gasteiger partial charge in [-0.15, -0.1) is 0 Å². The zero-order valence-electron chi connectivity index (χ0n) is 11.2. The molecule has 0 bridgehead atoms.